The van der Waals surface area contributed by atoms with E-state index in [9.17, 15) is 13.2 Å². The SMILES string of the molecule is COc1cc(CS(=O)(=O)c2cccc3cccnc23)ccc1C(=O)N1CCN(Cc2ccc(Cl)cc2)CC1. The van der Waals surface area contributed by atoms with Gasteiger partial charge in [-0.3, -0.25) is 14.7 Å². The first-order valence-electron chi connectivity index (χ1n) is 12.3. The lowest BCUT2D eigenvalue weighted by Gasteiger charge is -2.35. The maximum atomic E-state index is 13.3. The number of hydrogen-bond donors (Lipinski definition) is 0. The van der Waals surface area contributed by atoms with Crippen molar-refractivity contribution in [2.45, 2.75) is 17.2 Å². The second-order valence-electron chi connectivity index (χ2n) is 9.32. The van der Waals surface area contributed by atoms with Crippen LogP contribution in [0.15, 0.2) is 83.9 Å². The summed E-state index contributed by atoms with van der Waals surface area (Å²) in [7, 11) is -2.19. The van der Waals surface area contributed by atoms with Gasteiger partial charge in [0.15, 0.2) is 9.84 Å². The van der Waals surface area contributed by atoms with Gasteiger partial charge in [0.1, 0.15) is 5.75 Å². The van der Waals surface area contributed by atoms with Crippen molar-refractivity contribution in [3.63, 3.8) is 0 Å². The Bertz CT molecular complexity index is 1560. The molecule has 1 aliphatic heterocycles. The summed E-state index contributed by atoms with van der Waals surface area (Å²) in [5, 5.41) is 1.48. The largest absolute Gasteiger partial charge is 0.496 e. The first kappa shape index (κ1) is 26.2. The van der Waals surface area contributed by atoms with Crippen LogP contribution in [0.5, 0.6) is 5.75 Å². The van der Waals surface area contributed by atoms with E-state index in [1.54, 1.807) is 42.6 Å². The molecule has 7 nitrogen and oxygen atoms in total. The Hall–Kier alpha value is -3.46. The number of hydrogen-bond acceptors (Lipinski definition) is 6. The molecule has 1 amide bonds. The normalized spacial score (nSPS) is 14.5. The molecule has 0 unspecified atom stereocenters. The molecule has 2 heterocycles. The number of carbonyl (C=O) groups excluding carboxylic acids is 1. The predicted octanol–water partition coefficient (Wildman–Crippen LogP) is 4.83. The molecule has 196 valence electrons. The number of para-hydroxylation sites is 1. The van der Waals surface area contributed by atoms with Crippen LogP contribution < -0.4 is 4.74 Å². The standard InChI is InChI=1S/C29H28ClN3O4S/c1-37-26-18-22(20-38(35,36)27-6-2-4-23-5-3-13-31-28(23)27)9-12-25(26)29(34)33-16-14-32(15-17-33)19-21-7-10-24(30)11-8-21/h2-13,18H,14-17,19-20H2,1H3. The number of methoxy groups -OCH3 is 1. The fourth-order valence-electron chi connectivity index (χ4n) is 4.75. The highest BCUT2D eigenvalue weighted by Gasteiger charge is 2.26. The Morgan fingerprint density at radius 3 is 2.39 bits per heavy atom. The van der Waals surface area contributed by atoms with E-state index in [1.165, 1.54) is 12.7 Å². The minimum absolute atomic E-state index is 0.124. The van der Waals surface area contributed by atoms with Crippen molar-refractivity contribution in [3.05, 3.63) is 101 Å². The molecule has 0 bridgehead atoms. The molecule has 4 aromatic rings. The fourth-order valence-corrected chi connectivity index (χ4v) is 6.40. The molecule has 0 aliphatic carbocycles. The lowest BCUT2D eigenvalue weighted by Crippen LogP contribution is -2.48. The van der Waals surface area contributed by atoms with Crippen LogP contribution in [0.25, 0.3) is 10.9 Å². The number of aromatic nitrogens is 1. The third-order valence-electron chi connectivity index (χ3n) is 6.76. The molecule has 38 heavy (non-hydrogen) atoms. The Labute approximate surface area is 227 Å². The zero-order valence-electron chi connectivity index (χ0n) is 21.0. The van der Waals surface area contributed by atoms with Crippen LogP contribution in [0.4, 0.5) is 0 Å². The third kappa shape index (κ3) is 5.67. The number of rotatable bonds is 7. The molecule has 0 N–H and O–H groups in total. The third-order valence-corrected chi connectivity index (χ3v) is 8.73. The topological polar surface area (TPSA) is 79.8 Å². The highest BCUT2D eigenvalue weighted by Crippen LogP contribution is 2.28. The van der Waals surface area contributed by atoms with Crippen LogP contribution in [-0.4, -0.2) is 62.4 Å². The number of amides is 1. The van der Waals surface area contributed by atoms with E-state index in [2.05, 4.69) is 9.88 Å². The van der Waals surface area contributed by atoms with Gasteiger partial charge < -0.3 is 9.64 Å². The summed E-state index contributed by atoms with van der Waals surface area (Å²) in [4.78, 5) is 21.9. The van der Waals surface area contributed by atoms with Crippen molar-refractivity contribution in [3.8, 4) is 5.75 Å². The zero-order chi connectivity index (χ0) is 26.7. The summed E-state index contributed by atoms with van der Waals surface area (Å²) < 4.78 is 32.1. The quantitative estimate of drug-likeness (QED) is 0.328. The summed E-state index contributed by atoms with van der Waals surface area (Å²) >= 11 is 5.98. The molecule has 3 aromatic carbocycles. The molecule has 5 rings (SSSR count). The van der Waals surface area contributed by atoms with E-state index in [-0.39, 0.29) is 16.6 Å². The Balaban J connectivity index is 1.28. The summed E-state index contributed by atoms with van der Waals surface area (Å²) in [6.45, 7) is 3.51. The van der Waals surface area contributed by atoms with Gasteiger partial charge in [-0.15, -0.1) is 0 Å². The van der Waals surface area contributed by atoms with Gasteiger partial charge in [-0.2, -0.15) is 0 Å². The molecule has 1 aliphatic rings. The van der Waals surface area contributed by atoms with Crippen molar-refractivity contribution in [1.82, 2.24) is 14.8 Å². The first-order chi connectivity index (χ1) is 18.3. The van der Waals surface area contributed by atoms with Crippen LogP contribution in [-0.2, 0) is 22.1 Å². The van der Waals surface area contributed by atoms with Gasteiger partial charge in [0.2, 0.25) is 0 Å². The van der Waals surface area contributed by atoms with Crippen molar-refractivity contribution < 1.29 is 17.9 Å². The summed E-state index contributed by atoms with van der Waals surface area (Å²) in [6.07, 6.45) is 1.59. The Morgan fingerprint density at radius 1 is 0.947 bits per heavy atom. The number of nitrogens with zero attached hydrogens (tertiary/aromatic N) is 3. The fraction of sp³-hybridized carbons (Fsp3) is 0.241. The minimum atomic E-state index is -3.68. The number of pyridine rings is 1. The molecule has 1 aromatic heterocycles. The Morgan fingerprint density at radius 2 is 1.66 bits per heavy atom. The second kappa shape index (κ2) is 11.1. The molecule has 0 radical (unpaired) electrons. The summed E-state index contributed by atoms with van der Waals surface area (Å²) in [5.74, 6) is 0.0136. The monoisotopic (exact) mass is 549 g/mol. The summed E-state index contributed by atoms with van der Waals surface area (Å²) in [5.41, 5.74) is 2.59. The van der Waals surface area contributed by atoms with E-state index in [0.29, 0.717) is 40.5 Å². The smallest absolute Gasteiger partial charge is 0.257 e. The Kier molecular flexibility index (Phi) is 7.65. The number of sulfone groups is 1. The van der Waals surface area contributed by atoms with Crippen molar-refractivity contribution in [2.24, 2.45) is 0 Å². The van der Waals surface area contributed by atoms with Gasteiger partial charge in [0, 0.05) is 49.3 Å². The molecule has 1 fully saturated rings. The van der Waals surface area contributed by atoms with E-state index < -0.39 is 9.84 Å². The molecule has 0 atom stereocenters. The van der Waals surface area contributed by atoms with Gasteiger partial charge in [0.05, 0.1) is 28.8 Å². The van der Waals surface area contributed by atoms with E-state index in [4.69, 9.17) is 16.3 Å². The van der Waals surface area contributed by atoms with Crippen LogP contribution >= 0.6 is 11.6 Å². The molecular weight excluding hydrogens is 522 g/mol. The van der Waals surface area contributed by atoms with Crippen LogP contribution in [0.2, 0.25) is 5.02 Å². The number of halogens is 1. The summed E-state index contributed by atoms with van der Waals surface area (Å²) in [6, 6.07) is 21.5. The van der Waals surface area contributed by atoms with Crippen molar-refractivity contribution in [1.29, 1.82) is 0 Å². The zero-order valence-corrected chi connectivity index (χ0v) is 22.6. The average Bonchev–Trinajstić information content (AvgIpc) is 2.93. The van der Waals surface area contributed by atoms with Crippen LogP contribution in [0, 0.1) is 0 Å². The number of benzene rings is 3. The highest BCUT2D eigenvalue weighted by atomic mass is 35.5. The number of fused-ring (bicyclic) bond motifs is 1. The highest BCUT2D eigenvalue weighted by molar-refractivity contribution is 7.90. The van der Waals surface area contributed by atoms with Gasteiger partial charge in [-0.1, -0.05) is 48.0 Å². The maximum absolute atomic E-state index is 13.3. The molecule has 0 saturated carbocycles. The maximum Gasteiger partial charge on any atom is 0.257 e. The van der Waals surface area contributed by atoms with Crippen LogP contribution in [0.3, 0.4) is 0 Å². The number of carbonyl (C=O) groups is 1. The van der Waals surface area contributed by atoms with Gasteiger partial charge in [-0.05, 0) is 47.5 Å². The molecule has 1 saturated heterocycles. The van der Waals surface area contributed by atoms with E-state index in [1.807, 2.05) is 41.3 Å². The lowest BCUT2D eigenvalue weighted by molar-refractivity contribution is 0.0625. The van der Waals surface area contributed by atoms with E-state index in [0.717, 1.165) is 25.0 Å². The van der Waals surface area contributed by atoms with Gasteiger partial charge >= 0.3 is 0 Å². The number of piperazine rings is 1. The predicted molar refractivity (Wildman–Crippen MR) is 148 cm³/mol. The molecular formula is C29H28ClN3O4S. The first-order valence-corrected chi connectivity index (χ1v) is 14.4. The molecule has 9 heteroatoms. The number of ether oxygens (including phenoxy) is 1. The molecule has 0 spiro atoms. The van der Waals surface area contributed by atoms with Crippen molar-refractivity contribution in [2.75, 3.05) is 33.3 Å². The van der Waals surface area contributed by atoms with Crippen molar-refractivity contribution >= 4 is 38.2 Å². The van der Waals surface area contributed by atoms with Gasteiger partial charge in [-0.25, -0.2) is 8.42 Å². The minimum Gasteiger partial charge on any atom is -0.496 e. The lowest BCUT2D eigenvalue weighted by atomic mass is 10.1. The van der Waals surface area contributed by atoms with E-state index >= 15 is 0 Å². The van der Waals surface area contributed by atoms with Gasteiger partial charge in [0.25, 0.3) is 5.91 Å². The second-order valence-corrected chi connectivity index (χ2v) is 11.7. The average molecular weight is 550 g/mol. The van der Waals surface area contributed by atoms with Crippen LogP contribution in [0.1, 0.15) is 21.5 Å².